The summed E-state index contributed by atoms with van der Waals surface area (Å²) in [6, 6.07) is 1.95. The molecule has 0 bridgehead atoms. The van der Waals surface area contributed by atoms with Crippen molar-refractivity contribution in [2.75, 3.05) is 46.8 Å². The van der Waals surface area contributed by atoms with E-state index in [0.717, 1.165) is 31.6 Å². The van der Waals surface area contributed by atoms with Crippen molar-refractivity contribution in [3.05, 3.63) is 24.2 Å². The van der Waals surface area contributed by atoms with Crippen LogP contribution in [0.4, 0.5) is 0 Å². The Morgan fingerprint density at radius 1 is 1.36 bits per heavy atom. The van der Waals surface area contributed by atoms with Crippen molar-refractivity contribution < 1.29 is 19.1 Å². The number of carboxylic acids is 1. The van der Waals surface area contributed by atoms with Gasteiger partial charge in [-0.05, 0) is 25.5 Å². The predicted octanol–water partition coefficient (Wildman–Crippen LogP) is 0.966. The van der Waals surface area contributed by atoms with E-state index in [4.69, 9.17) is 4.42 Å². The van der Waals surface area contributed by atoms with Crippen LogP contribution in [-0.4, -0.2) is 78.5 Å². The molecule has 2 fully saturated rings. The summed E-state index contributed by atoms with van der Waals surface area (Å²) in [5, 5.41) is 9.97. The number of rotatable bonds is 5. The van der Waals surface area contributed by atoms with Gasteiger partial charge in [-0.1, -0.05) is 0 Å². The van der Waals surface area contributed by atoms with E-state index in [1.54, 1.807) is 31.5 Å². The summed E-state index contributed by atoms with van der Waals surface area (Å²) >= 11 is 0. The van der Waals surface area contributed by atoms with Crippen molar-refractivity contribution in [3.63, 3.8) is 0 Å². The van der Waals surface area contributed by atoms with E-state index in [9.17, 15) is 14.7 Å². The number of amides is 1. The third kappa shape index (κ3) is 3.72. The van der Waals surface area contributed by atoms with Gasteiger partial charge in [-0.2, -0.15) is 0 Å². The van der Waals surface area contributed by atoms with E-state index >= 15 is 0 Å². The van der Waals surface area contributed by atoms with Crippen LogP contribution in [0, 0.1) is 11.3 Å². The molecule has 2 aliphatic rings. The number of fused-ring (bicyclic) bond motifs is 1. The maximum Gasteiger partial charge on any atom is 0.311 e. The molecule has 0 unspecified atom stereocenters. The van der Waals surface area contributed by atoms with Gasteiger partial charge < -0.3 is 14.4 Å². The minimum absolute atomic E-state index is 0.0206. The number of carbonyl (C=O) groups is 2. The highest BCUT2D eigenvalue weighted by Crippen LogP contribution is 2.43. The Morgan fingerprint density at radius 3 is 2.76 bits per heavy atom. The first-order valence-electron chi connectivity index (χ1n) is 8.80. The fourth-order valence-corrected chi connectivity index (χ4v) is 4.20. The van der Waals surface area contributed by atoms with E-state index in [0.29, 0.717) is 26.1 Å². The normalized spacial score (nSPS) is 27.7. The summed E-state index contributed by atoms with van der Waals surface area (Å²) in [6.07, 6.45) is 4.93. The van der Waals surface area contributed by atoms with Gasteiger partial charge in [0.05, 0.1) is 24.5 Å². The topological polar surface area (TPSA) is 77.2 Å². The van der Waals surface area contributed by atoms with Crippen LogP contribution in [0.5, 0.6) is 0 Å². The lowest BCUT2D eigenvalue weighted by Crippen LogP contribution is -2.41. The van der Waals surface area contributed by atoms with Crippen molar-refractivity contribution in [2.45, 2.75) is 19.4 Å². The van der Waals surface area contributed by atoms with Crippen LogP contribution in [0.1, 0.15) is 18.4 Å². The van der Waals surface area contributed by atoms with Crippen LogP contribution >= 0.6 is 0 Å². The first kappa shape index (κ1) is 17.9. The molecule has 0 radical (unpaired) electrons. The molecule has 7 heteroatoms. The number of carbonyl (C=O) groups excluding carboxylic acids is 1. The lowest BCUT2D eigenvalue weighted by atomic mass is 9.75. The first-order valence-corrected chi connectivity index (χ1v) is 8.80. The van der Waals surface area contributed by atoms with Crippen LogP contribution in [0.15, 0.2) is 23.0 Å². The highest BCUT2D eigenvalue weighted by Gasteiger charge is 2.53. The number of furan rings is 1. The summed E-state index contributed by atoms with van der Waals surface area (Å²) in [5.74, 6) is -0.663. The molecule has 0 spiro atoms. The van der Waals surface area contributed by atoms with Crippen LogP contribution in [0.3, 0.4) is 0 Å². The van der Waals surface area contributed by atoms with Gasteiger partial charge in [0, 0.05) is 51.8 Å². The van der Waals surface area contributed by atoms with Gasteiger partial charge in [0.15, 0.2) is 0 Å². The van der Waals surface area contributed by atoms with Gasteiger partial charge >= 0.3 is 5.97 Å². The smallest absolute Gasteiger partial charge is 0.311 e. The summed E-state index contributed by atoms with van der Waals surface area (Å²) in [7, 11) is 3.46. The fourth-order valence-electron chi connectivity index (χ4n) is 4.20. The second kappa shape index (κ2) is 7.17. The summed E-state index contributed by atoms with van der Waals surface area (Å²) in [4.78, 5) is 30.1. The standard InChI is InChI=1S/C18H27N3O4/c1-19(2)16(22)11-21-10-15-9-20(8-14-4-7-25-12-14)6-3-5-18(15,13-21)17(23)24/h4,7,12,15H,3,5-6,8-11,13H2,1-2H3,(H,23,24)/t15-,18-/m1/s1. The molecule has 1 N–H and O–H groups in total. The third-order valence-electron chi connectivity index (χ3n) is 5.61. The fraction of sp³-hybridized carbons (Fsp3) is 0.667. The number of hydrogen-bond acceptors (Lipinski definition) is 5. The SMILES string of the molecule is CN(C)C(=O)CN1C[C@H]2CN(Cc3ccoc3)CCC[C@@]2(C(=O)O)C1. The molecular formula is C18H27N3O4. The first-order chi connectivity index (χ1) is 11.9. The van der Waals surface area contributed by atoms with Crippen molar-refractivity contribution in [3.8, 4) is 0 Å². The van der Waals surface area contributed by atoms with Gasteiger partial charge in [0.25, 0.3) is 0 Å². The average Bonchev–Trinajstić information content (AvgIpc) is 3.12. The Labute approximate surface area is 148 Å². The molecule has 2 saturated heterocycles. The Kier molecular flexibility index (Phi) is 5.15. The molecule has 0 saturated carbocycles. The number of nitrogens with zero attached hydrogens (tertiary/aromatic N) is 3. The van der Waals surface area contributed by atoms with E-state index in [1.165, 1.54) is 0 Å². The van der Waals surface area contributed by atoms with Gasteiger partial charge in [-0.25, -0.2) is 0 Å². The molecule has 0 aromatic carbocycles. The molecule has 3 heterocycles. The number of hydrogen-bond donors (Lipinski definition) is 1. The maximum absolute atomic E-state index is 12.1. The molecule has 25 heavy (non-hydrogen) atoms. The average molecular weight is 349 g/mol. The summed E-state index contributed by atoms with van der Waals surface area (Å²) in [5.41, 5.74) is 0.373. The third-order valence-corrected chi connectivity index (χ3v) is 5.61. The zero-order chi connectivity index (χ0) is 18.0. The van der Waals surface area contributed by atoms with Gasteiger partial charge in [-0.3, -0.25) is 19.4 Å². The monoisotopic (exact) mass is 349 g/mol. The summed E-state index contributed by atoms with van der Waals surface area (Å²) < 4.78 is 5.14. The van der Waals surface area contributed by atoms with Gasteiger partial charge in [0.2, 0.25) is 5.91 Å². The van der Waals surface area contributed by atoms with Crippen molar-refractivity contribution >= 4 is 11.9 Å². The highest BCUT2D eigenvalue weighted by molar-refractivity contribution is 5.79. The number of likely N-dealkylation sites (tertiary alicyclic amines) is 2. The molecule has 1 aromatic heterocycles. The lowest BCUT2D eigenvalue weighted by Gasteiger charge is -2.29. The Morgan fingerprint density at radius 2 is 2.12 bits per heavy atom. The molecule has 1 aromatic rings. The minimum Gasteiger partial charge on any atom is -0.481 e. The van der Waals surface area contributed by atoms with E-state index in [2.05, 4.69) is 4.90 Å². The molecular weight excluding hydrogens is 322 g/mol. The molecule has 138 valence electrons. The Bertz CT molecular complexity index is 616. The van der Waals surface area contributed by atoms with Crippen LogP contribution in [0.2, 0.25) is 0 Å². The summed E-state index contributed by atoms with van der Waals surface area (Å²) in [6.45, 7) is 3.83. The van der Waals surface area contributed by atoms with Gasteiger partial charge in [0.1, 0.15) is 0 Å². The van der Waals surface area contributed by atoms with E-state index in [1.807, 2.05) is 11.0 Å². The van der Waals surface area contributed by atoms with Crippen molar-refractivity contribution in [1.29, 1.82) is 0 Å². The predicted molar refractivity (Wildman–Crippen MR) is 91.9 cm³/mol. The molecule has 0 aliphatic carbocycles. The second-order valence-corrected chi connectivity index (χ2v) is 7.59. The maximum atomic E-state index is 12.1. The van der Waals surface area contributed by atoms with Crippen LogP contribution < -0.4 is 0 Å². The second-order valence-electron chi connectivity index (χ2n) is 7.59. The minimum atomic E-state index is -0.738. The Hall–Kier alpha value is -1.86. The lowest BCUT2D eigenvalue weighted by molar-refractivity contribution is -0.151. The highest BCUT2D eigenvalue weighted by atomic mass is 16.4. The molecule has 3 rings (SSSR count). The Balaban J connectivity index is 1.73. The molecule has 1 amide bonds. The van der Waals surface area contributed by atoms with E-state index < -0.39 is 11.4 Å². The molecule has 2 atom stereocenters. The number of carboxylic acid groups (broad SMARTS) is 1. The molecule has 7 nitrogen and oxygen atoms in total. The zero-order valence-corrected chi connectivity index (χ0v) is 15.0. The quantitative estimate of drug-likeness (QED) is 0.853. The van der Waals surface area contributed by atoms with Crippen LogP contribution in [-0.2, 0) is 16.1 Å². The van der Waals surface area contributed by atoms with Crippen molar-refractivity contribution in [2.24, 2.45) is 11.3 Å². The van der Waals surface area contributed by atoms with E-state index in [-0.39, 0.29) is 11.8 Å². The number of aliphatic carboxylic acids is 1. The largest absolute Gasteiger partial charge is 0.481 e. The van der Waals surface area contributed by atoms with Crippen LogP contribution in [0.25, 0.3) is 0 Å². The zero-order valence-electron chi connectivity index (χ0n) is 15.0. The number of likely N-dealkylation sites (N-methyl/N-ethyl adjacent to an activating group) is 1. The van der Waals surface area contributed by atoms with Gasteiger partial charge in [-0.15, -0.1) is 0 Å². The molecule has 2 aliphatic heterocycles. The van der Waals surface area contributed by atoms with Crippen molar-refractivity contribution in [1.82, 2.24) is 14.7 Å².